The summed E-state index contributed by atoms with van der Waals surface area (Å²) in [5.41, 5.74) is 0.0848. The molecule has 1 atom stereocenters. The van der Waals surface area contributed by atoms with Gasteiger partial charge in [-0.2, -0.15) is 0 Å². The van der Waals surface area contributed by atoms with Gasteiger partial charge in [-0.25, -0.2) is 0 Å². The molecule has 0 spiro atoms. The van der Waals surface area contributed by atoms with E-state index in [9.17, 15) is 9.59 Å². The minimum absolute atomic E-state index is 0.309. The van der Waals surface area contributed by atoms with Crippen LogP contribution in [0.25, 0.3) is 0 Å². The molecule has 1 heterocycles. The van der Waals surface area contributed by atoms with Crippen molar-refractivity contribution in [1.82, 2.24) is 5.32 Å². The summed E-state index contributed by atoms with van der Waals surface area (Å²) in [7, 11) is 0. The highest BCUT2D eigenvalue weighted by Gasteiger charge is 2.47. The Bertz CT molecular complexity index is 554. The van der Waals surface area contributed by atoms with E-state index in [1.807, 2.05) is 32.9 Å². The molecule has 0 aromatic heterocycles. The Hall–Kier alpha value is -2.04. The molecule has 1 aliphatic rings. The molecule has 5 nitrogen and oxygen atoms in total. The molecule has 0 saturated carbocycles. The molecule has 0 radical (unpaired) electrons. The predicted molar refractivity (Wildman–Crippen MR) is 76.7 cm³/mol. The van der Waals surface area contributed by atoms with Crippen LogP contribution in [-0.2, 0) is 9.59 Å². The number of rotatable bonds is 3. The Morgan fingerprint density at radius 3 is 2.80 bits per heavy atom. The number of fused-ring (bicyclic) bond motifs is 1. The van der Waals surface area contributed by atoms with Crippen molar-refractivity contribution < 1.29 is 14.3 Å². The zero-order valence-corrected chi connectivity index (χ0v) is 12.2. The second-order valence-electron chi connectivity index (χ2n) is 5.69. The van der Waals surface area contributed by atoms with Crippen LogP contribution in [-0.4, -0.2) is 24.0 Å². The van der Waals surface area contributed by atoms with E-state index >= 15 is 0 Å². The minimum atomic E-state index is -1.53. The van der Waals surface area contributed by atoms with Gasteiger partial charge < -0.3 is 15.4 Å². The SMILES string of the molecule is Cc1ccc2c(c1)NC(=O)C(C)(C(=O)NCC(C)C)O2. The number of benzene rings is 1. The van der Waals surface area contributed by atoms with Crippen LogP contribution in [0.5, 0.6) is 5.75 Å². The third-order valence-corrected chi connectivity index (χ3v) is 3.23. The summed E-state index contributed by atoms with van der Waals surface area (Å²) in [6, 6.07) is 5.46. The highest BCUT2D eigenvalue weighted by Crippen LogP contribution is 2.34. The molecule has 2 amide bonds. The van der Waals surface area contributed by atoms with E-state index < -0.39 is 17.4 Å². The molecular formula is C15H20N2O3. The van der Waals surface area contributed by atoms with Gasteiger partial charge in [0.25, 0.3) is 17.4 Å². The van der Waals surface area contributed by atoms with Crippen LogP contribution in [0.3, 0.4) is 0 Å². The van der Waals surface area contributed by atoms with Gasteiger partial charge in [0, 0.05) is 6.54 Å². The molecule has 2 rings (SSSR count). The van der Waals surface area contributed by atoms with Gasteiger partial charge in [-0.1, -0.05) is 19.9 Å². The van der Waals surface area contributed by atoms with Gasteiger partial charge in [0.05, 0.1) is 5.69 Å². The van der Waals surface area contributed by atoms with Crippen molar-refractivity contribution in [2.24, 2.45) is 5.92 Å². The van der Waals surface area contributed by atoms with Crippen LogP contribution in [0.4, 0.5) is 5.69 Å². The first-order valence-electron chi connectivity index (χ1n) is 6.72. The lowest BCUT2D eigenvalue weighted by atomic mass is 10.0. The van der Waals surface area contributed by atoms with Gasteiger partial charge in [-0.3, -0.25) is 9.59 Å². The molecule has 20 heavy (non-hydrogen) atoms. The van der Waals surface area contributed by atoms with Crippen molar-refractivity contribution in [3.63, 3.8) is 0 Å². The zero-order valence-electron chi connectivity index (χ0n) is 12.2. The fraction of sp³-hybridized carbons (Fsp3) is 0.467. The molecule has 1 aliphatic heterocycles. The summed E-state index contributed by atoms with van der Waals surface area (Å²) in [5, 5.41) is 5.48. The smallest absolute Gasteiger partial charge is 0.278 e. The summed E-state index contributed by atoms with van der Waals surface area (Å²) >= 11 is 0. The van der Waals surface area contributed by atoms with Crippen LogP contribution in [0.2, 0.25) is 0 Å². The van der Waals surface area contributed by atoms with Crippen molar-refractivity contribution in [2.45, 2.75) is 33.3 Å². The molecule has 2 N–H and O–H groups in total. The fourth-order valence-corrected chi connectivity index (χ4v) is 1.95. The number of nitrogens with one attached hydrogen (secondary N) is 2. The summed E-state index contributed by atoms with van der Waals surface area (Å²) in [6.45, 7) is 7.90. The van der Waals surface area contributed by atoms with Crippen LogP contribution < -0.4 is 15.4 Å². The number of amides is 2. The number of hydrogen-bond donors (Lipinski definition) is 2. The molecule has 0 aliphatic carbocycles. The molecular weight excluding hydrogens is 256 g/mol. The number of hydrogen-bond acceptors (Lipinski definition) is 3. The molecule has 108 valence electrons. The minimum Gasteiger partial charge on any atom is -0.466 e. The maximum Gasteiger partial charge on any atom is 0.278 e. The largest absolute Gasteiger partial charge is 0.466 e. The first-order chi connectivity index (χ1) is 9.33. The topological polar surface area (TPSA) is 67.4 Å². The summed E-state index contributed by atoms with van der Waals surface area (Å²) in [4.78, 5) is 24.4. The Morgan fingerprint density at radius 2 is 2.15 bits per heavy atom. The first-order valence-corrected chi connectivity index (χ1v) is 6.72. The van der Waals surface area contributed by atoms with Crippen molar-refractivity contribution in [3.05, 3.63) is 23.8 Å². The lowest BCUT2D eigenvalue weighted by Gasteiger charge is -2.33. The maximum atomic E-state index is 12.2. The van der Waals surface area contributed by atoms with E-state index in [1.54, 1.807) is 6.07 Å². The van der Waals surface area contributed by atoms with Crippen LogP contribution >= 0.6 is 0 Å². The molecule has 0 saturated heterocycles. The van der Waals surface area contributed by atoms with Crippen LogP contribution in [0.1, 0.15) is 26.3 Å². The number of anilines is 1. The van der Waals surface area contributed by atoms with Gasteiger partial charge in [0.2, 0.25) is 0 Å². The van der Waals surface area contributed by atoms with Gasteiger partial charge >= 0.3 is 0 Å². The molecule has 0 bridgehead atoms. The van der Waals surface area contributed by atoms with Gasteiger partial charge in [-0.15, -0.1) is 0 Å². The second-order valence-corrected chi connectivity index (χ2v) is 5.69. The Labute approximate surface area is 118 Å². The van der Waals surface area contributed by atoms with E-state index in [4.69, 9.17) is 4.74 Å². The monoisotopic (exact) mass is 276 g/mol. The van der Waals surface area contributed by atoms with Gasteiger partial charge in [-0.05, 0) is 37.5 Å². The summed E-state index contributed by atoms with van der Waals surface area (Å²) in [5.74, 6) is -0.0479. The average Bonchev–Trinajstić information content (AvgIpc) is 2.37. The van der Waals surface area contributed by atoms with Gasteiger partial charge in [0.1, 0.15) is 5.75 Å². The number of aryl methyl sites for hydroxylation is 1. The molecule has 5 heteroatoms. The highest BCUT2D eigenvalue weighted by atomic mass is 16.5. The zero-order chi connectivity index (χ0) is 14.9. The van der Waals surface area contributed by atoms with E-state index in [0.717, 1.165) is 5.56 Å². The quantitative estimate of drug-likeness (QED) is 0.828. The standard InChI is InChI=1S/C15H20N2O3/c1-9(2)8-16-13(18)15(4)14(19)17-11-7-10(3)5-6-12(11)20-15/h5-7,9H,8H2,1-4H3,(H,16,18)(H,17,19). The summed E-state index contributed by atoms with van der Waals surface area (Å²) in [6.07, 6.45) is 0. The Morgan fingerprint density at radius 1 is 1.45 bits per heavy atom. The average molecular weight is 276 g/mol. The van der Waals surface area contributed by atoms with Crippen molar-refractivity contribution in [2.75, 3.05) is 11.9 Å². The number of ether oxygens (including phenoxy) is 1. The van der Waals surface area contributed by atoms with Crippen molar-refractivity contribution in [1.29, 1.82) is 0 Å². The van der Waals surface area contributed by atoms with Crippen LogP contribution in [0, 0.1) is 12.8 Å². The normalized spacial score (nSPS) is 20.9. The third-order valence-electron chi connectivity index (χ3n) is 3.23. The predicted octanol–water partition coefficient (Wildman–Crippen LogP) is 1.86. The van der Waals surface area contributed by atoms with E-state index in [-0.39, 0.29) is 0 Å². The van der Waals surface area contributed by atoms with Crippen molar-refractivity contribution in [3.8, 4) is 5.75 Å². The summed E-state index contributed by atoms with van der Waals surface area (Å²) < 4.78 is 5.66. The Balaban J connectivity index is 2.23. The number of carbonyl (C=O) groups is 2. The van der Waals surface area contributed by atoms with Crippen LogP contribution in [0.15, 0.2) is 18.2 Å². The lowest BCUT2D eigenvalue weighted by molar-refractivity contribution is -0.146. The van der Waals surface area contributed by atoms with E-state index in [1.165, 1.54) is 6.92 Å². The molecule has 0 fully saturated rings. The molecule has 1 aromatic carbocycles. The van der Waals surface area contributed by atoms with E-state index in [2.05, 4.69) is 10.6 Å². The fourth-order valence-electron chi connectivity index (χ4n) is 1.95. The third kappa shape index (κ3) is 2.61. The number of carbonyl (C=O) groups excluding carboxylic acids is 2. The van der Waals surface area contributed by atoms with E-state index in [0.29, 0.717) is 23.9 Å². The second kappa shape index (κ2) is 5.15. The maximum absolute atomic E-state index is 12.2. The molecule has 1 unspecified atom stereocenters. The van der Waals surface area contributed by atoms with Gasteiger partial charge in [0.15, 0.2) is 0 Å². The lowest BCUT2D eigenvalue weighted by Crippen LogP contribution is -2.59. The Kier molecular flexibility index (Phi) is 3.70. The first kappa shape index (κ1) is 14.4. The highest BCUT2D eigenvalue weighted by molar-refractivity contribution is 6.15. The van der Waals surface area contributed by atoms with Crippen molar-refractivity contribution >= 4 is 17.5 Å². The molecule has 1 aromatic rings.